The van der Waals surface area contributed by atoms with Crippen LogP contribution in [-0.4, -0.2) is 42.9 Å². The summed E-state index contributed by atoms with van der Waals surface area (Å²) < 4.78 is 22.0. The molecule has 0 aliphatic carbocycles. The van der Waals surface area contributed by atoms with Crippen molar-refractivity contribution in [3.8, 4) is 29.2 Å². The maximum absolute atomic E-state index is 9.43. The fourth-order valence-corrected chi connectivity index (χ4v) is 3.87. The molecule has 1 aromatic carbocycles. The Labute approximate surface area is 171 Å². The lowest BCUT2D eigenvalue weighted by molar-refractivity contribution is 0.174. The van der Waals surface area contributed by atoms with E-state index in [4.69, 9.17) is 29.9 Å². The number of furan rings is 1. The second-order valence-electron chi connectivity index (χ2n) is 6.84. The molecular formula is C20H17ClN4O4. The summed E-state index contributed by atoms with van der Waals surface area (Å²) >= 11 is 6.28. The number of aromatic nitrogens is 1. The van der Waals surface area contributed by atoms with E-state index in [1.54, 1.807) is 18.4 Å². The third kappa shape index (κ3) is 3.39. The second-order valence-corrected chi connectivity index (χ2v) is 7.24. The number of hydrogen-bond acceptors (Lipinski definition) is 8. The number of halogens is 1. The zero-order chi connectivity index (χ0) is 19.8. The van der Waals surface area contributed by atoms with Gasteiger partial charge in [-0.1, -0.05) is 11.6 Å². The van der Waals surface area contributed by atoms with Crippen molar-refractivity contribution in [3.05, 3.63) is 46.8 Å². The monoisotopic (exact) mass is 412 g/mol. The Morgan fingerprint density at radius 1 is 1.17 bits per heavy atom. The highest BCUT2D eigenvalue weighted by atomic mass is 35.5. The van der Waals surface area contributed by atoms with Gasteiger partial charge in [-0.05, 0) is 29.8 Å². The number of fused-ring (bicyclic) bond motifs is 1. The van der Waals surface area contributed by atoms with Gasteiger partial charge in [-0.2, -0.15) is 10.2 Å². The van der Waals surface area contributed by atoms with Crippen LogP contribution in [-0.2, 0) is 6.54 Å². The molecule has 0 unspecified atom stereocenters. The summed E-state index contributed by atoms with van der Waals surface area (Å²) in [7, 11) is 0. The first kappa shape index (κ1) is 17.9. The Morgan fingerprint density at radius 3 is 2.79 bits per heavy atom. The van der Waals surface area contributed by atoms with Crippen molar-refractivity contribution in [2.45, 2.75) is 6.54 Å². The fraction of sp³-hybridized carbons (Fsp3) is 0.300. The van der Waals surface area contributed by atoms with E-state index in [2.05, 4.69) is 16.0 Å². The highest BCUT2D eigenvalue weighted by molar-refractivity contribution is 6.32. The van der Waals surface area contributed by atoms with Crippen molar-refractivity contribution in [2.24, 2.45) is 0 Å². The third-order valence-electron chi connectivity index (χ3n) is 5.00. The SMILES string of the molecule is N#Cc1nc(-c2ccco2)oc1N1CCN(Cc2cc(Cl)c3c(c2)OCO3)CC1. The Bertz CT molecular complexity index is 1070. The largest absolute Gasteiger partial charge is 0.459 e. The van der Waals surface area contributed by atoms with Crippen LogP contribution in [0.3, 0.4) is 0 Å². The van der Waals surface area contributed by atoms with Crippen molar-refractivity contribution in [2.75, 3.05) is 37.9 Å². The lowest BCUT2D eigenvalue weighted by Gasteiger charge is -2.34. The Kier molecular flexibility index (Phi) is 4.54. The lowest BCUT2D eigenvalue weighted by atomic mass is 10.1. The maximum atomic E-state index is 9.43. The molecule has 0 spiro atoms. The van der Waals surface area contributed by atoms with Gasteiger partial charge in [0.15, 0.2) is 17.3 Å². The molecule has 3 aromatic rings. The molecule has 148 valence electrons. The van der Waals surface area contributed by atoms with E-state index in [9.17, 15) is 5.26 Å². The molecule has 0 N–H and O–H groups in total. The average Bonchev–Trinajstić information content (AvgIpc) is 3.48. The van der Waals surface area contributed by atoms with Crippen LogP contribution in [0.15, 0.2) is 39.4 Å². The van der Waals surface area contributed by atoms with Crippen molar-refractivity contribution < 1.29 is 18.3 Å². The molecule has 0 amide bonds. The molecule has 9 heteroatoms. The number of anilines is 1. The lowest BCUT2D eigenvalue weighted by Crippen LogP contribution is -2.46. The molecule has 0 atom stereocenters. The summed E-state index contributed by atoms with van der Waals surface area (Å²) in [5, 5.41) is 10.0. The van der Waals surface area contributed by atoms with Gasteiger partial charge in [0.25, 0.3) is 5.89 Å². The summed E-state index contributed by atoms with van der Waals surface area (Å²) in [6, 6.07) is 9.52. The molecule has 5 rings (SSSR count). The third-order valence-corrected chi connectivity index (χ3v) is 5.28. The summed E-state index contributed by atoms with van der Waals surface area (Å²) in [4.78, 5) is 8.62. The molecule has 4 heterocycles. The van der Waals surface area contributed by atoms with Crippen LogP contribution in [0, 0.1) is 11.3 Å². The number of nitrogens with zero attached hydrogens (tertiary/aromatic N) is 4. The quantitative estimate of drug-likeness (QED) is 0.643. The van der Waals surface area contributed by atoms with Crippen LogP contribution < -0.4 is 14.4 Å². The van der Waals surface area contributed by atoms with Crippen LogP contribution in [0.4, 0.5) is 5.88 Å². The Hall–Kier alpha value is -3.15. The van der Waals surface area contributed by atoms with Gasteiger partial charge in [0.05, 0.1) is 11.3 Å². The van der Waals surface area contributed by atoms with Crippen molar-refractivity contribution in [3.63, 3.8) is 0 Å². The van der Waals surface area contributed by atoms with E-state index < -0.39 is 0 Å². The maximum Gasteiger partial charge on any atom is 0.266 e. The number of oxazole rings is 1. The van der Waals surface area contributed by atoms with E-state index in [-0.39, 0.29) is 12.5 Å². The zero-order valence-corrected chi connectivity index (χ0v) is 16.2. The van der Waals surface area contributed by atoms with Crippen LogP contribution in [0.5, 0.6) is 11.5 Å². The van der Waals surface area contributed by atoms with Gasteiger partial charge in [-0.25, -0.2) is 0 Å². The van der Waals surface area contributed by atoms with E-state index in [0.29, 0.717) is 34.1 Å². The molecular weight excluding hydrogens is 396 g/mol. The van der Waals surface area contributed by atoms with Gasteiger partial charge in [0, 0.05) is 32.7 Å². The highest BCUT2D eigenvalue weighted by Gasteiger charge is 2.26. The topological polar surface area (TPSA) is 87.9 Å². The van der Waals surface area contributed by atoms with Gasteiger partial charge in [-0.3, -0.25) is 4.90 Å². The number of hydrogen-bond donors (Lipinski definition) is 0. The van der Waals surface area contributed by atoms with Crippen molar-refractivity contribution in [1.29, 1.82) is 5.26 Å². The Morgan fingerprint density at radius 2 is 2.03 bits per heavy atom. The first-order valence-electron chi connectivity index (χ1n) is 9.21. The summed E-state index contributed by atoms with van der Waals surface area (Å²) in [5.41, 5.74) is 1.34. The van der Waals surface area contributed by atoms with E-state index >= 15 is 0 Å². The second kappa shape index (κ2) is 7.35. The summed E-state index contributed by atoms with van der Waals surface area (Å²) in [6.07, 6.45) is 1.55. The predicted octanol–water partition coefficient (Wildman–Crippen LogP) is 3.51. The highest BCUT2D eigenvalue weighted by Crippen LogP contribution is 2.40. The molecule has 1 saturated heterocycles. The van der Waals surface area contributed by atoms with Crippen LogP contribution in [0.2, 0.25) is 5.02 Å². The normalized spacial score (nSPS) is 16.2. The first-order valence-corrected chi connectivity index (χ1v) is 9.59. The number of ether oxygens (including phenoxy) is 2. The number of rotatable bonds is 4. The van der Waals surface area contributed by atoms with E-state index in [1.165, 1.54) is 0 Å². The number of piperazine rings is 1. The van der Waals surface area contributed by atoms with Gasteiger partial charge < -0.3 is 23.2 Å². The van der Waals surface area contributed by atoms with E-state index in [1.807, 2.05) is 17.0 Å². The summed E-state index contributed by atoms with van der Waals surface area (Å²) in [6.45, 7) is 4.03. The average molecular weight is 413 g/mol. The minimum atomic E-state index is 0.204. The van der Waals surface area contributed by atoms with Crippen LogP contribution in [0.1, 0.15) is 11.3 Å². The molecule has 2 aromatic heterocycles. The van der Waals surface area contributed by atoms with E-state index in [0.717, 1.165) is 38.3 Å². The summed E-state index contributed by atoms with van der Waals surface area (Å²) in [5.74, 6) is 2.62. The van der Waals surface area contributed by atoms with Crippen molar-refractivity contribution >= 4 is 17.5 Å². The van der Waals surface area contributed by atoms with Gasteiger partial charge in [0.1, 0.15) is 6.07 Å². The van der Waals surface area contributed by atoms with Gasteiger partial charge in [-0.15, -0.1) is 0 Å². The smallest absolute Gasteiger partial charge is 0.266 e. The van der Waals surface area contributed by atoms with Gasteiger partial charge >= 0.3 is 0 Å². The zero-order valence-electron chi connectivity index (χ0n) is 15.4. The molecule has 0 saturated carbocycles. The molecule has 0 radical (unpaired) electrons. The van der Waals surface area contributed by atoms with Crippen molar-refractivity contribution in [1.82, 2.24) is 9.88 Å². The predicted molar refractivity (Wildman–Crippen MR) is 104 cm³/mol. The van der Waals surface area contributed by atoms with Crippen LogP contribution in [0.25, 0.3) is 11.7 Å². The molecule has 29 heavy (non-hydrogen) atoms. The molecule has 0 bridgehead atoms. The molecule has 2 aliphatic heterocycles. The van der Waals surface area contributed by atoms with Gasteiger partial charge in [0.2, 0.25) is 18.4 Å². The minimum Gasteiger partial charge on any atom is -0.459 e. The molecule has 1 fully saturated rings. The number of nitriles is 1. The Balaban J connectivity index is 1.27. The molecule has 8 nitrogen and oxygen atoms in total. The first-order chi connectivity index (χ1) is 14.2. The fourth-order valence-electron chi connectivity index (χ4n) is 3.58. The van der Waals surface area contributed by atoms with Crippen LogP contribution >= 0.6 is 11.6 Å². The number of benzene rings is 1. The minimum absolute atomic E-state index is 0.204. The molecule has 2 aliphatic rings. The standard InChI is InChI=1S/C20H17ClN4O4/c21-14-8-13(9-17-18(14)28-12-27-17)11-24-3-5-25(6-4-24)20-15(10-22)23-19(29-20)16-2-1-7-26-16/h1-2,7-9H,3-6,11-12H2.